The molecule has 0 aliphatic carbocycles. The van der Waals surface area contributed by atoms with Crippen molar-refractivity contribution in [1.29, 1.82) is 0 Å². The predicted octanol–water partition coefficient (Wildman–Crippen LogP) is 2.42. The van der Waals surface area contributed by atoms with Crippen LogP contribution in [0.3, 0.4) is 0 Å². The van der Waals surface area contributed by atoms with Crippen LogP contribution >= 0.6 is 0 Å². The highest BCUT2D eigenvalue weighted by atomic mass is 16.2. The van der Waals surface area contributed by atoms with Crippen LogP contribution in [0.15, 0.2) is 54.6 Å². The molecule has 0 aliphatic heterocycles. The molecule has 0 bridgehead atoms. The lowest BCUT2D eigenvalue weighted by Crippen LogP contribution is -2.40. The molecule has 2 aromatic rings. The Balaban J connectivity index is 1.80. The topological polar surface area (TPSA) is 75.4 Å². The van der Waals surface area contributed by atoms with E-state index in [2.05, 4.69) is 5.32 Å². The van der Waals surface area contributed by atoms with Gasteiger partial charge in [0.15, 0.2) is 0 Å². The molecule has 0 aliphatic rings. The van der Waals surface area contributed by atoms with E-state index in [0.717, 1.165) is 17.5 Å². The van der Waals surface area contributed by atoms with Gasteiger partial charge in [-0.05, 0) is 37.4 Å². The van der Waals surface area contributed by atoms with Crippen molar-refractivity contribution in [3.63, 3.8) is 0 Å². The van der Waals surface area contributed by atoms with Gasteiger partial charge in [0.2, 0.25) is 11.8 Å². The zero-order valence-corrected chi connectivity index (χ0v) is 16.0. The van der Waals surface area contributed by atoms with Crippen LogP contribution in [-0.4, -0.2) is 36.3 Å². The molecule has 0 unspecified atom stereocenters. The first kappa shape index (κ1) is 20.6. The van der Waals surface area contributed by atoms with Gasteiger partial charge in [-0.3, -0.25) is 9.59 Å². The fourth-order valence-corrected chi connectivity index (χ4v) is 2.76. The molecule has 0 radical (unpaired) electrons. The quantitative estimate of drug-likeness (QED) is 0.677. The average Bonchev–Trinajstić information content (AvgIpc) is 2.69. The van der Waals surface area contributed by atoms with Crippen LogP contribution in [-0.2, 0) is 22.6 Å². The van der Waals surface area contributed by atoms with E-state index >= 15 is 0 Å². The number of hydrogen-bond donors (Lipinski definition) is 2. The normalized spacial score (nSPS) is 10.4. The summed E-state index contributed by atoms with van der Waals surface area (Å²) in [5.41, 5.74) is 8.97. The van der Waals surface area contributed by atoms with Gasteiger partial charge in [0.25, 0.3) is 0 Å². The van der Waals surface area contributed by atoms with Crippen LogP contribution in [0.2, 0.25) is 0 Å². The van der Waals surface area contributed by atoms with Gasteiger partial charge < -0.3 is 16.0 Å². The first-order valence-corrected chi connectivity index (χ1v) is 9.42. The van der Waals surface area contributed by atoms with Gasteiger partial charge in [0.1, 0.15) is 0 Å². The lowest BCUT2D eigenvalue weighted by molar-refractivity contribution is -0.133. The van der Waals surface area contributed by atoms with Crippen molar-refractivity contribution in [2.75, 3.05) is 19.6 Å². The summed E-state index contributed by atoms with van der Waals surface area (Å²) in [6.45, 7) is 3.70. The Bertz CT molecular complexity index is 714. The molecular weight excluding hydrogens is 338 g/mol. The van der Waals surface area contributed by atoms with Gasteiger partial charge in [-0.1, -0.05) is 60.2 Å². The van der Waals surface area contributed by atoms with Crippen LogP contribution < -0.4 is 11.1 Å². The second-order valence-corrected chi connectivity index (χ2v) is 6.71. The molecule has 0 saturated carbocycles. The molecule has 0 aromatic heterocycles. The molecule has 5 heteroatoms. The predicted molar refractivity (Wildman–Crippen MR) is 108 cm³/mol. The number of nitrogens with two attached hydrogens (primary N) is 1. The summed E-state index contributed by atoms with van der Waals surface area (Å²) >= 11 is 0. The van der Waals surface area contributed by atoms with Crippen molar-refractivity contribution in [2.45, 2.75) is 32.7 Å². The van der Waals surface area contributed by atoms with E-state index in [0.29, 0.717) is 32.5 Å². The molecule has 0 fully saturated rings. The smallest absolute Gasteiger partial charge is 0.242 e. The number of hydrogen-bond acceptors (Lipinski definition) is 3. The molecule has 3 N–H and O–H groups in total. The van der Waals surface area contributed by atoms with Crippen LogP contribution in [0.5, 0.6) is 0 Å². The summed E-state index contributed by atoms with van der Waals surface area (Å²) in [7, 11) is 0. The number of amides is 2. The lowest BCUT2D eigenvalue weighted by atomic mass is 10.1. The fourth-order valence-electron chi connectivity index (χ4n) is 2.76. The van der Waals surface area contributed by atoms with Crippen molar-refractivity contribution in [1.82, 2.24) is 10.2 Å². The molecule has 2 aromatic carbocycles. The molecule has 5 nitrogen and oxygen atoms in total. The zero-order chi connectivity index (χ0) is 19.5. The minimum atomic E-state index is -0.109. The summed E-state index contributed by atoms with van der Waals surface area (Å²) in [5, 5.41) is 2.75. The first-order chi connectivity index (χ1) is 13.1. The number of rotatable bonds is 10. The van der Waals surface area contributed by atoms with Gasteiger partial charge in [0, 0.05) is 19.5 Å². The number of nitrogens with one attached hydrogen (secondary N) is 1. The van der Waals surface area contributed by atoms with Crippen LogP contribution in [0, 0.1) is 6.92 Å². The van der Waals surface area contributed by atoms with Crippen LogP contribution in [0.1, 0.15) is 29.5 Å². The summed E-state index contributed by atoms with van der Waals surface area (Å²) in [6, 6.07) is 18.0. The maximum Gasteiger partial charge on any atom is 0.242 e. The second kappa shape index (κ2) is 11.1. The highest BCUT2D eigenvalue weighted by Gasteiger charge is 2.14. The number of aryl methyl sites for hydroxylation is 2. The van der Waals surface area contributed by atoms with Gasteiger partial charge in [-0.25, -0.2) is 0 Å². The van der Waals surface area contributed by atoms with E-state index in [1.54, 1.807) is 4.90 Å². The highest BCUT2D eigenvalue weighted by molar-refractivity contribution is 5.84. The number of carbonyl (C=O) groups is 2. The highest BCUT2D eigenvalue weighted by Crippen LogP contribution is 2.07. The minimum Gasteiger partial charge on any atom is -0.347 e. The van der Waals surface area contributed by atoms with Crippen molar-refractivity contribution in [2.24, 2.45) is 5.73 Å². The molecule has 0 atom stereocenters. The number of benzene rings is 2. The van der Waals surface area contributed by atoms with Crippen molar-refractivity contribution >= 4 is 11.8 Å². The average molecular weight is 367 g/mol. The maximum absolute atomic E-state index is 12.5. The lowest BCUT2D eigenvalue weighted by Gasteiger charge is -2.23. The summed E-state index contributed by atoms with van der Waals surface area (Å²) in [6.07, 6.45) is 1.78. The summed E-state index contributed by atoms with van der Waals surface area (Å²) < 4.78 is 0. The molecule has 27 heavy (non-hydrogen) atoms. The summed E-state index contributed by atoms with van der Waals surface area (Å²) in [4.78, 5) is 26.4. The van der Waals surface area contributed by atoms with E-state index in [9.17, 15) is 9.59 Å². The van der Waals surface area contributed by atoms with Crippen molar-refractivity contribution < 1.29 is 9.59 Å². The third kappa shape index (κ3) is 7.62. The van der Waals surface area contributed by atoms with E-state index in [-0.39, 0.29) is 18.4 Å². The molecule has 0 saturated heterocycles. The monoisotopic (exact) mass is 367 g/mol. The molecule has 144 valence electrons. The molecular formula is C22H29N3O2. The zero-order valence-electron chi connectivity index (χ0n) is 16.0. The molecule has 0 heterocycles. The Labute approximate surface area is 161 Å². The Morgan fingerprint density at radius 2 is 1.70 bits per heavy atom. The Kier molecular flexibility index (Phi) is 8.52. The van der Waals surface area contributed by atoms with E-state index < -0.39 is 0 Å². The first-order valence-electron chi connectivity index (χ1n) is 9.42. The van der Waals surface area contributed by atoms with Gasteiger partial charge in [0.05, 0.1) is 6.54 Å². The number of carbonyl (C=O) groups excluding carboxylic acids is 2. The standard InChI is InChI=1S/C22H29N3O2/c1-18-8-10-19(11-9-18)12-13-21(26)24-16-22(27)25(15-5-14-23)17-20-6-3-2-4-7-20/h2-4,6-11H,5,12-17,23H2,1H3,(H,24,26). The summed E-state index contributed by atoms with van der Waals surface area (Å²) in [5.74, 6) is -0.196. The van der Waals surface area contributed by atoms with E-state index in [1.165, 1.54) is 5.56 Å². The molecule has 2 amide bonds. The second-order valence-electron chi connectivity index (χ2n) is 6.71. The van der Waals surface area contributed by atoms with Crippen LogP contribution in [0.25, 0.3) is 0 Å². The SMILES string of the molecule is Cc1ccc(CCC(=O)NCC(=O)N(CCCN)Cc2ccccc2)cc1. The Morgan fingerprint density at radius 1 is 1.00 bits per heavy atom. The van der Waals surface area contributed by atoms with Crippen molar-refractivity contribution in [3.05, 3.63) is 71.3 Å². The molecule has 2 rings (SSSR count). The third-order valence-electron chi connectivity index (χ3n) is 4.40. The van der Waals surface area contributed by atoms with Crippen molar-refractivity contribution in [3.8, 4) is 0 Å². The maximum atomic E-state index is 12.5. The fraction of sp³-hybridized carbons (Fsp3) is 0.364. The minimum absolute atomic E-state index is 0.0180. The van der Waals surface area contributed by atoms with E-state index in [1.807, 2.05) is 61.5 Å². The number of nitrogens with zero attached hydrogens (tertiary/aromatic N) is 1. The largest absolute Gasteiger partial charge is 0.347 e. The van der Waals surface area contributed by atoms with E-state index in [4.69, 9.17) is 5.73 Å². The third-order valence-corrected chi connectivity index (χ3v) is 4.40. The van der Waals surface area contributed by atoms with Crippen LogP contribution in [0.4, 0.5) is 0 Å². The molecule has 0 spiro atoms. The van der Waals surface area contributed by atoms with Gasteiger partial charge >= 0.3 is 0 Å². The van der Waals surface area contributed by atoms with Gasteiger partial charge in [-0.2, -0.15) is 0 Å². The Hall–Kier alpha value is -2.66. The Morgan fingerprint density at radius 3 is 2.37 bits per heavy atom. The van der Waals surface area contributed by atoms with Gasteiger partial charge in [-0.15, -0.1) is 0 Å².